The van der Waals surface area contributed by atoms with Gasteiger partial charge in [-0.2, -0.15) is 5.10 Å². The van der Waals surface area contributed by atoms with Gasteiger partial charge in [0.05, 0.1) is 41.2 Å². The molecule has 0 aliphatic rings. The van der Waals surface area contributed by atoms with Gasteiger partial charge in [-0.3, -0.25) is 23.6 Å². The molecule has 0 aliphatic heterocycles. The van der Waals surface area contributed by atoms with Crippen molar-refractivity contribution in [2.75, 3.05) is 12.4 Å². The van der Waals surface area contributed by atoms with Gasteiger partial charge in [-0.1, -0.05) is 13.0 Å². The first-order valence-corrected chi connectivity index (χ1v) is 11.2. The van der Waals surface area contributed by atoms with Crippen LogP contribution in [0.5, 0.6) is 5.88 Å². The summed E-state index contributed by atoms with van der Waals surface area (Å²) in [6.07, 6.45) is 5.58. The van der Waals surface area contributed by atoms with Gasteiger partial charge in [-0.15, -0.1) is 0 Å². The molecule has 5 aromatic rings. The zero-order valence-corrected chi connectivity index (χ0v) is 20.2. The molecule has 4 heterocycles. The molecule has 1 N–H and O–H groups in total. The van der Waals surface area contributed by atoms with Crippen molar-refractivity contribution in [1.29, 1.82) is 0 Å². The molecule has 178 valence electrons. The van der Waals surface area contributed by atoms with Crippen LogP contribution >= 0.6 is 0 Å². The third-order valence-electron chi connectivity index (χ3n) is 6.08. The van der Waals surface area contributed by atoms with Crippen molar-refractivity contribution in [3.8, 4) is 22.7 Å². The topological polar surface area (TPSA) is 109 Å². The molecular formula is C25H25N7O3. The number of aromatic nitrogens is 6. The Kier molecular flexibility index (Phi) is 5.35. The van der Waals surface area contributed by atoms with Crippen LogP contribution < -0.4 is 15.7 Å². The molecule has 0 radical (unpaired) electrons. The van der Waals surface area contributed by atoms with Gasteiger partial charge in [0.1, 0.15) is 5.69 Å². The molecular weight excluding hydrogens is 446 g/mol. The van der Waals surface area contributed by atoms with Gasteiger partial charge in [-0.05, 0) is 30.7 Å². The first-order valence-electron chi connectivity index (χ1n) is 11.2. The Morgan fingerprint density at radius 1 is 1.11 bits per heavy atom. The molecule has 35 heavy (non-hydrogen) atoms. The van der Waals surface area contributed by atoms with E-state index in [0.29, 0.717) is 23.5 Å². The zero-order valence-electron chi connectivity index (χ0n) is 20.2. The first kappa shape index (κ1) is 22.3. The van der Waals surface area contributed by atoms with Crippen LogP contribution in [-0.4, -0.2) is 41.9 Å². The average Bonchev–Trinajstić information content (AvgIpc) is 3.32. The van der Waals surface area contributed by atoms with Crippen LogP contribution in [0.4, 0.5) is 5.69 Å². The fourth-order valence-electron chi connectivity index (χ4n) is 4.31. The Labute approximate surface area is 200 Å². The fourth-order valence-corrected chi connectivity index (χ4v) is 4.31. The first-order chi connectivity index (χ1) is 16.8. The summed E-state index contributed by atoms with van der Waals surface area (Å²) in [5, 5.41) is 8.08. The van der Waals surface area contributed by atoms with Crippen molar-refractivity contribution in [3.05, 3.63) is 59.0 Å². The number of ether oxygens (including phenoxy) is 1. The molecule has 0 saturated carbocycles. The number of anilines is 1. The van der Waals surface area contributed by atoms with Gasteiger partial charge in [0.15, 0.2) is 0 Å². The lowest BCUT2D eigenvalue weighted by Gasteiger charge is -2.12. The van der Waals surface area contributed by atoms with Gasteiger partial charge in [0.25, 0.3) is 0 Å². The normalized spacial score (nSPS) is 11.3. The molecule has 0 fully saturated rings. The number of nitrogens with zero attached hydrogens (tertiary/aromatic N) is 6. The SMILES string of the molecule is CCC(=O)Nc1cc(-c2ccc3ncc4c(c3c2)n(-c2cn(C)nc2C)c(=O)n4C)cnc1OC. The predicted molar refractivity (Wildman–Crippen MR) is 134 cm³/mol. The lowest BCUT2D eigenvalue weighted by Crippen LogP contribution is -2.21. The van der Waals surface area contributed by atoms with E-state index in [-0.39, 0.29) is 11.6 Å². The number of benzene rings is 1. The number of hydrogen-bond acceptors (Lipinski definition) is 6. The van der Waals surface area contributed by atoms with Gasteiger partial charge in [0, 0.05) is 43.9 Å². The molecule has 0 aliphatic carbocycles. The van der Waals surface area contributed by atoms with Gasteiger partial charge < -0.3 is 10.1 Å². The van der Waals surface area contributed by atoms with Gasteiger partial charge >= 0.3 is 5.69 Å². The highest BCUT2D eigenvalue weighted by Gasteiger charge is 2.19. The molecule has 10 nitrogen and oxygen atoms in total. The van der Waals surface area contributed by atoms with E-state index in [1.807, 2.05) is 44.4 Å². The van der Waals surface area contributed by atoms with E-state index in [2.05, 4.69) is 20.4 Å². The monoisotopic (exact) mass is 471 g/mol. The molecule has 0 bridgehead atoms. The lowest BCUT2D eigenvalue weighted by molar-refractivity contribution is -0.115. The van der Waals surface area contributed by atoms with E-state index in [1.165, 1.54) is 7.11 Å². The molecule has 0 saturated heterocycles. The lowest BCUT2D eigenvalue weighted by atomic mass is 10.0. The largest absolute Gasteiger partial charge is 0.480 e. The van der Waals surface area contributed by atoms with Crippen molar-refractivity contribution in [2.45, 2.75) is 20.3 Å². The average molecular weight is 472 g/mol. The van der Waals surface area contributed by atoms with Crippen LogP contribution in [0, 0.1) is 6.92 Å². The highest BCUT2D eigenvalue weighted by Crippen LogP contribution is 2.32. The quantitative estimate of drug-likeness (QED) is 0.421. The second-order valence-corrected chi connectivity index (χ2v) is 8.36. The minimum absolute atomic E-state index is 0.133. The number of methoxy groups -OCH3 is 1. The second kappa shape index (κ2) is 8.39. The smallest absolute Gasteiger partial charge is 0.333 e. The van der Waals surface area contributed by atoms with Crippen molar-refractivity contribution in [1.82, 2.24) is 28.9 Å². The Hall–Kier alpha value is -4.47. The Morgan fingerprint density at radius 3 is 2.60 bits per heavy atom. The van der Waals surface area contributed by atoms with Crippen LogP contribution in [0.15, 0.2) is 47.7 Å². The number of carbonyl (C=O) groups is 1. The molecule has 0 spiro atoms. The van der Waals surface area contributed by atoms with Crippen molar-refractivity contribution in [2.24, 2.45) is 14.1 Å². The summed E-state index contributed by atoms with van der Waals surface area (Å²) in [4.78, 5) is 34.3. The van der Waals surface area contributed by atoms with E-state index >= 15 is 0 Å². The molecule has 1 aromatic carbocycles. The molecule has 10 heteroatoms. The van der Waals surface area contributed by atoms with E-state index in [4.69, 9.17) is 4.74 Å². The Bertz CT molecular complexity index is 1680. The van der Waals surface area contributed by atoms with Crippen molar-refractivity contribution < 1.29 is 9.53 Å². The summed E-state index contributed by atoms with van der Waals surface area (Å²) in [5.41, 5.74) is 5.66. The number of hydrogen-bond donors (Lipinski definition) is 1. The second-order valence-electron chi connectivity index (χ2n) is 8.36. The van der Waals surface area contributed by atoms with Crippen LogP contribution in [0.25, 0.3) is 38.8 Å². The summed E-state index contributed by atoms with van der Waals surface area (Å²) in [7, 11) is 5.08. The van der Waals surface area contributed by atoms with E-state index in [9.17, 15) is 9.59 Å². The Balaban J connectivity index is 1.76. The molecule has 0 atom stereocenters. The third kappa shape index (κ3) is 3.63. The van der Waals surface area contributed by atoms with Crippen LogP contribution in [0.1, 0.15) is 19.0 Å². The van der Waals surface area contributed by atoms with E-state index in [0.717, 1.165) is 38.9 Å². The summed E-state index contributed by atoms with van der Waals surface area (Å²) in [6, 6.07) is 7.67. The number of rotatable bonds is 5. The summed E-state index contributed by atoms with van der Waals surface area (Å²) in [6.45, 7) is 3.66. The number of nitrogens with one attached hydrogen (secondary N) is 1. The van der Waals surface area contributed by atoms with Crippen molar-refractivity contribution >= 4 is 33.5 Å². The maximum atomic E-state index is 13.3. The predicted octanol–water partition coefficient (Wildman–Crippen LogP) is 3.34. The minimum Gasteiger partial charge on any atom is -0.480 e. The summed E-state index contributed by atoms with van der Waals surface area (Å²) in [5.74, 6) is 0.205. The highest BCUT2D eigenvalue weighted by molar-refractivity contribution is 6.05. The fraction of sp³-hybridized carbons (Fsp3) is 0.240. The maximum absolute atomic E-state index is 13.3. The number of fused-ring (bicyclic) bond motifs is 3. The molecule has 5 rings (SSSR count). The maximum Gasteiger partial charge on any atom is 0.333 e. The number of aryl methyl sites for hydroxylation is 3. The zero-order chi connectivity index (χ0) is 24.9. The summed E-state index contributed by atoms with van der Waals surface area (Å²) >= 11 is 0. The third-order valence-corrected chi connectivity index (χ3v) is 6.08. The molecule has 4 aromatic heterocycles. The van der Waals surface area contributed by atoms with Crippen LogP contribution in [0.3, 0.4) is 0 Å². The Morgan fingerprint density at radius 2 is 1.91 bits per heavy atom. The van der Waals surface area contributed by atoms with Crippen molar-refractivity contribution in [3.63, 3.8) is 0 Å². The minimum atomic E-state index is -0.175. The van der Waals surface area contributed by atoms with Crippen LogP contribution in [-0.2, 0) is 18.9 Å². The standard InChI is InChI=1S/C25H25N7O3/c1-6-22(33)28-19-10-16(11-27-24(19)35-5)15-7-8-18-17(9-15)23-20(12-26-18)31(4)25(34)32(23)21-13-30(3)29-14(21)2/h7-13H,6H2,1-5H3,(H,28,33). The molecule has 0 unspecified atom stereocenters. The number of pyridine rings is 2. The number of imidazole rings is 1. The van der Waals surface area contributed by atoms with Crippen LogP contribution in [0.2, 0.25) is 0 Å². The molecule has 1 amide bonds. The number of amides is 1. The highest BCUT2D eigenvalue weighted by atomic mass is 16.5. The van der Waals surface area contributed by atoms with Gasteiger partial charge in [0.2, 0.25) is 11.8 Å². The van der Waals surface area contributed by atoms with E-state index in [1.54, 1.807) is 40.2 Å². The number of carbonyl (C=O) groups excluding carboxylic acids is 1. The summed E-state index contributed by atoms with van der Waals surface area (Å²) < 4.78 is 10.3. The van der Waals surface area contributed by atoms with E-state index < -0.39 is 0 Å². The van der Waals surface area contributed by atoms with Gasteiger partial charge in [-0.25, -0.2) is 9.78 Å².